The number of aromatic nitrogens is 3. The maximum atomic E-state index is 14.2. The van der Waals surface area contributed by atoms with Crippen LogP contribution in [0.5, 0.6) is 0 Å². The van der Waals surface area contributed by atoms with Crippen LogP contribution >= 0.6 is 0 Å². The Labute approximate surface area is 246 Å². The average molecular weight is 615 g/mol. The molecule has 1 amide bonds. The quantitative estimate of drug-likeness (QED) is 0.238. The second-order valence-corrected chi connectivity index (χ2v) is 11.2. The third-order valence-electron chi connectivity index (χ3n) is 8.16. The number of Topliss-reactive ketones (excluding diaryl/α,β-unsaturated/α-hetero) is 1. The molecular formula is C31H24F6N4O3. The minimum atomic E-state index is -4.83. The Morgan fingerprint density at radius 2 is 1.80 bits per heavy atom. The van der Waals surface area contributed by atoms with Gasteiger partial charge in [-0.1, -0.05) is 12.1 Å². The van der Waals surface area contributed by atoms with Crippen molar-refractivity contribution in [3.8, 4) is 11.1 Å². The molecular weight excluding hydrogens is 590 g/mol. The molecule has 0 saturated heterocycles. The zero-order valence-corrected chi connectivity index (χ0v) is 22.8. The van der Waals surface area contributed by atoms with Gasteiger partial charge in [-0.05, 0) is 60.2 Å². The predicted molar refractivity (Wildman–Crippen MR) is 144 cm³/mol. The molecule has 2 aliphatic rings. The Hall–Kier alpha value is -4.52. The molecule has 3 N–H and O–H groups in total. The molecule has 2 aliphatic carbocycles. The number of hydrogen-bond donors (Lipinski definition) is 2. The molecule has 1 saturated carbocycles. The lowest BCUT2D eigenvalue weighted by molar-refractivity contribution is -0.143. The monoisotopic (exact) mass is 614 g/mol. The van der Waals surface area contributed by atoms with E-state index >= 15 is 0 Å². The fourth-order valence-corrected chi connectivity index (χ4v) is 6.25. The van der Waals surface area contributed by atoms with Gasteiger partial charge in [-0.15, -0.1) is 0 Å². The molecule has 44 heavy (non-hydrogen) atoms. The van der Waals surface area contributed by atoms with Crippen molar-refractivity contribution in [3.05, 3.63) is 106 Å². The number of nitrogens with two attached hydrogens (primary N) is 1. The van der Waals surface area contributed by atoms with Gasteiger partial charge < -0.3 is 10.8 Å². The van der Waals surface area contributed by atoms with Gasteiger partial charge in [-0.25, -0.2) is 13.2 Å². The summed E-state index contributed by atoms with van der Waals surface area (Å²) in [6.07, 6.45) is -4.65. The number of carbonyl (C=O) groups excluding carboxylic acids is 2. The molecule has 2 aromatic heterocycles. The van der Waals surface area contributed by atoms with E-state index in [1.165, 1.54) is 18.3 Å². The first kappa shape index (κ1) is 29.5. The Bertz CT molecular complexity index is 1780. The molecule has 0 bridgehead atoms. The number of pyridine rings is 1. The SMILES string of the molecule is NC(=O)c1cc(-c2cccnc2[C@@H](CC(=O)Cn2nc(C(F)(F)F)c3c2C2CC2C3O)Cc2cc(F)cc(F)c2)ccc1F. The van der Waals surface area contributed by atoms with Crippen LogP contribution in [0.25, 0.3) is 11.1 Å². The van der Waals surface area contributed by atoms with Crippen molar-refractivity contribution >= 4 is 11.7 Å². The minimum Gasteiger partial charge on any atom is -0.388 e. The van der Waals surface area contributed by atoms with E-state index in [9.17, 15) is 41.0 Å². The topological polar surface area (TPSA) is 111 Å². The molecule has 4 atom stereocenters. The number of halogens is 6. The number of benzene rings is 2. The van der Waals surface area contributed by atoms with Gasteiger partial charge in [0.15, 0.2) is 11.5 Å². The fraction of sp³-hybridized carbons (Fsp3) is 0.290. The van der Waals surface area contributed by atoms with Crippen LogP contribution in [0.2, 0.25) is 0 Å². The summed E-state index contributed by atoms with van der Waals surface area (Å²) in [6, 6.07) is 9.70. The summed E-state index contributed by atoms with van der Waals surface area (Å²) >= 11 is 0. The first-order valence-corrected chi connectivity index (χ1v) is 13.7. The smallest absolute Gasteiger partial charge is 0.388 e. The van der Waals surface area contributed by atoms with Gasteiger partial charge in [0.2, 0.25) is 0 Å². The van der Waals surface area contributed by atoms with E-state index in [1.54, 1.807) is 12.1 Å². The van der Waals surface area contributed by atoms with Gasteiger partial charge in [0.25, 0.3) is 5.91 Å². The predicted octanol–water partition coefficient (Wildman–Crippen LogP) is 5.62. The second-order valence-electron chi connectivity index (χ2n) is 11.2. The molecule has 0 aliphatic heterocycles. The zero-order valence-electron chi connectivity index (χ0n) is 22.8. The Balaban J connectivity index is 1.37. The second kappa shape index (κ2) is 10.9. The zero-order chi connectivity index (χ0) is 31.5. The van der Waals surface area contributed by atoms with Crippen LogP contribution in [0.1, 0.15) is 69.3 Å². The Morgan fingerprint density at radius 3 is 2.48 bits per heavy atom. The van der Waals surface area contributed by atoms with Gasteiger partial charge in [-0.3, -0.25) is 19.3 Å². The number of nitrogens with zero attached hydrogens (tertiary/aromatic N) is 3. The maximum Gasteiger partial charge on any atom is 0.435 e. The molecule has 7 nitrogen and oxygen atoms in total. The highest BCUT2D eigenvalue weighted by molar-refractivity contribution is 5.94. The number of carbonyl (C=O) groups is 2. The lowest BCUT2D eigenvalue weighted by Crippen LogP contribution is -2.19. The number of ketones is 1. The van der Waals surface area contributed by atoms with Crippen LogP contribution in [0.4, 0.5) is 26.3 Å². The molecule has 1 fully saturated rings. The van der Waals surface area contributed by atoms with Gasteiger partial charge in [-0.2, -0.15) is 18.3 Å². The number of amides is 1. The number of primary amides is 1. The number of fused-ring (bicyclic) bond motifs is 3. The highest BCUT2D eigenvalue weighted by Crippen LogP contribution is 2.63. The summed E-state index contributed by atoms with van der Waals surface area (Å²) in [6.45, 7) is -0.535. The van der Waals surface area contributed by atoms with Crippen molar-refractivity contribution in [2.75, 3.05) is 0 Å². The highest BCUT2D eigenvalue weighted by atomic mass is 19.4. The lowest BCUT2D eigenvalue weighted by atomic mass is 9.86. The highest BCUT2D eigenvalue weighted by Gasteiger charge is 2.58. The number of aliphatic hydroxyl groups is 1. The van der Waals surface area contributed by atoms with Crippen LogP contribution in [-0.4, -0.2) is 31.6 Å². The normalized spacial score (nSPS) is 19.4. The summed E-state index contributed by atoms with van der Waals surface area (Å²) < 4.78 is 84.7. The Kier molecular flexibility index (Phi) is 7.31. The van der Waals surface area contributed by atoms with Crippen molar-refractivity contribution in [3.63, 3.8) is 0 Å². The van der Waals surface area contributed by atoms with Gasteiger partial charge in [0.05, 0.1) is 23.9 Å². The van der Waals surface area contributed by atoms with Gasteiger partial charge in [0, 0.05) is 47.3 Å². The lowest BCUT2D eigenvalue weighted by Gasteiger charge is -2.20. The molecule has 0 radical (unpaired) electrons. The third kappa shape index (κ3) is 5.47. The van der Waals surface area contributed by atoms with E-state index < -0.39 is 59.6 Å². The third-order valence-corrected chi connectivity index (χ3v) is 8.16. The number of alkyl halides is 3. The van der Waals surface area contributed by atoms with Crippen molar-refractivity contribution in [1.82, 2.24) is 14.8 Å². The van der Waals surface area contributed by atoms with E-state index in [2.05, 4.69) is 10.1 Å². The molecule has 4 aromatic rings. The van der Waals surface area contributed by atoms with Crippen molar-refractivity contribution in [1.29, 1.82) is 0 Å². The van der Waals surface area contributed by atoms with Gasteiger partial charge >= 0.3 is 6.18 Å². The van der Waals surface area contributed by atoms with Gasteiger partial charge in [0.1, 0.15) is 17.5 Å². The van der Waals surface area contributed by atoms with Crippen LogP contribution in [0, 0.1) is 23.4 Å². The molecule has 6 rings (SSSR count). The van der Waals surface area contributed by atoms with E-state index in [0.717, 1.165) is 22.9 Å². The van der Waals surface area contributed by atoms with E-state index in [4.69, 9.17) is 5.73 Å². The summed E-state index contributed by atoms with van der Waals surface area (Å²) in [7, 11) is 0. The fourth-order valence-electron chi connectivity index (χ4n) is 6.25. The number of rotatable bonds is 9. The van der Waals surface area contributed by atoms with Crippen molar-refractivity contribution < 1.29 is 41.0 Å². The molecule has 2 heterocycles. The molecule has 13 heteroatoms. The minimum absolute atomic E-state index is 0.0945. The van der Waals surface area contributed by atoms with E-state index in [0.29, 0.717) is 23.6 Å². The largest absolute Gasteiger partial charge is 0.435 e. The van der Waals surface area contributed by atoms with Crippen LogP contribution in [-0.2, 0) is 23.9 Å². The molecule has 0 spiro atoms. The Morgan fingerprint density at radius 1 is 1.07 bits per heavy atom. The summed E-state index contributed by atoms with van der Waals surface area (Å²) in [4.78, 5) is 29.7. The molecule has 3 unspecified atom stereocenters. The van der Waals surface area contributed by atoms with Crippen LogP contribution < -0.4 is 5.73 Å². The van der Waals surface area contributed by atoms with E-state index in [1.807, 2.05) is 0 Å². The van der Waals surface area contributed by atoms with Crippen molar-refractivity contribution in [2.45, 2.75) is 49.9 Å². The first-order valence-electron chi connectivity index (χ1n) is 13.7. The molecule has 2 aromatic carbocycles. The standard InChI is InChI=1S/C31H24F6N4O3/c32-17-7-14(8-18(33)11-17)6-16(26-20(2-1-5-39-26)15-3-4-24(34)23(10-15)30(38)44)9-19(42)13-41-27-21-12-22(21)28(43)25(27)29(40-41)31(35,36)37/h1-5,7-8,10-11,16,21-22,28,43H,6,9,12-13H2,(H2,38,44)/t16-,21?,22?,28?/m1/s1. The summed E-state index contributed by atoms with van der Waals surface area (Å²) in [5.74, 6) is -5.63. The first-order chi connectivity index (χ1) is 20.8. The van der Waals surface area contributed by atoms with Crippen molar-refractivity contribution in [2.24, 2.45) is 11.7 Å². The summed E-state index contributed by atoms with van der Waals surface area (Å²) in [5, 5.41) is 14.1. The molecule has 228 valence electrons. The van der Waals surface area contributed by atoms with E-state index in [-0.39, 0.29) is 52.8 Å². The average Bonchev–Trinajstić information content (AvgIpc) is 3.56. The maximum absolute atomic E-state index is 14.2. The number of hydrogen-bond acceptors (Lipinski definition) is 5. The van der Waals surface area contributed by atoms with Crippen LogP contribution in [0.15, 0.2) is 54.7 Å². The number of aliphatic hydroxyl groups excluding tert-OH is 1. The van der Waals surface area contributed by atoms with Crippen LogP contribution in [0.3, 0.4) is 0 Å². The summed E-state index contributed by atoms with van der Waals surface area (Å²) in [5.41, 5.74) is 4.78.